The van der Waals surface area contributed by atoms with E-state index < -0.39 is 0 Å². The van der Waals surface area contributed by atoms with E-state index in [-0.39, 0.29) is 11.8 Å². The van der Waals surface area contributed by atoms with Crippen LogP contribution in [0.4, 0.5) is 5.69 Å². The monoisotopic (exact) mass is 556 g/mol. The maximum atomic E-state index is 13.0. The van der Waals surface area contributed by atoms with Crippen LogP contribution in [0.5, 0.6) is 0 Å². The van der Waals surface area contributed by atoms with Gasteiger partial charge >= 0.3 is 0 Å². The van der Waals surface area contributed by atoms with Gasteiger partial charge in [-0.05, 0) is 74.0 Å². The largest absolute Gasteiger partial charge is 0.324 e. The number of nitrogens with zero attached hydrogens (tertiary/aromatic N) is 3. The van der Waals surface area contributed by atoms with E-state index >= 15 is 0 Å². The molecule has 3 aromatic carbocycles. The minimum absolute atomic E-state index is 0.0321. The van der Waals surface area contributed by atoms with E-state index in [2.05, 4.69) is 48.9 Å². The van der Waals surface area contributed by atoms with Gasteiger partial charge in [-0.15, -0.1) is 0 Å². The van der Waals surface area contributed by atoms with Crippen LogP contribution in [-0.4, -0.2) is 33.4 Å². The van der Waals surface area contributed by atoms with Gasteiger partial charge in [0.1, 0.15) is 5.82 Å². The van der Waals surface area contributed by atoms with E-state index in [0.717, 1.165) is 46.4 Å². The molecule has 0 bridgehead atoms. The lowest BCUT2D eigenvalue weighted by Gasteiger charge is -2.32. The average molecular weight is 558 g/mol. The SMILES string of the molecule is O=C(Nc1cc(Cl)ccc1Cl)[C@@H]1CCCN(Cc2nc3ccccc3n2-c2ccc(Br)cc2)C1. The molecule has 8 heteroatoms. The third-order valence-electron chi connectivity index (χ3n) is 6.14. The number of piperidine rings is 1. The minimum atomic E-state index is -0.130. The lowest BCUT2D eigenvalue weighted by atomic mass is 9.97. The second-order valence-electron chi connectivity index (χ2n) is 8.52. The highest BCUT2D eigenvalue weighted by atomic mass is 79.9. The summed E-state index contributed by atoms with van der Waals surface area (Å²) in [6.07, 6.45) is 1.78. The highest BCUT2D eigenvalue weighted by Crippen LogP contribution is 2.28. The van der Waals surface area contributed by atoms with E-state index in [1.165, 1.54) is 0 Å². The lowest BCUT2D eigenvalue weighted by molar-refractivity contribution is -0.121. The molecule has 2 heterocycles. The zero-order chi connectivity index (χ0) is 23.7. The number of benzene rings is 3. The summed E-state index contributed by atoms with van der Waals surface area (Å²) in [7, 11) is 0. The number of fused-ring (bicyclic) bond motifs is 1. The number of rotatable bonds is 5. The van der Waals surface area contributed by atoms with Gasteiger partial charge < -0.3 is 5.32 Å². The number of hydrogen-bond acceptors (Lipinski definition) is 3. The minimum Gasteiger partial charge on any atom is -0.324 e. The molecule has 174 valence electrons. The predicted molar refractivity (Wildman–Crippen MR) is 142 cm³/mol. The zero-order valence-corrected chi connectivity index (χ0v) is 21.4. The highest BCUT2D eigenvalue weighted by Gasteiger charge is 2.27. The Balaban J connectivity index is 1.37. The van der Waals surface area contributed by atoms with Crippen molar-refractivity contribution >= 4 is 61.8 Å². The summed E-state index contributed by atoms with van der Waals surface area (Å²) >= 11 is 15.8. The second-order valence-corrected chi connectivity index (χ2v) is 10.3. The Morgan fingerprint density at radius 2 is 1.88 bits per heavy atom. The van der Waals surface area contributed by atoms with Crippen LogP contribution < -0.4 is 5.32 Å². The molecule has 0 spiro atoms. The number of anilines is 1. The first-order valence-corrected chi connectivity index (χ1v) is 12.7. The quantitative estimate of drug-likeness (QED) is 0.289. The molecule has 0 unspecified atom stereocenters. The van der Waals surface area contributed by atoms with Crippen LogP contribution in [0.25, 0.3) is 16.7 Å². The molecule has 1 aromatic heterocycles. The fourth-order valence-corrected chi connectivity index (χ4v) is 5.10. The topological polar surface area (TPSA) is 50.2 Å². The molecule has 4 aromatic rings. The maximum absolute atomic E-state index is 13.0. The number of carbonyl (C=O) groups is 1. The van der Waals surface area contributed by atoms with Gasteiger partial charge in [-0.1, -0.05) is 51.3 Å². The fraction of sp³-hybridized carbons (Fsp3) is 0.231. The van der Waals surface area contributed by atoms with E-state index in [4.69, 9.17) is 28.2 Å². The number of aromatic nitrogens is 2. The van der Waals surface area contributed by atoms with E-state index in [1.807, 2.05) is 30.3 Å². The summed E-state index contributed by atoms with van der Waals surface area (Å²) < 4.78 is 3.24. The Morgan fingerprint density at radius 1 is 1.09 bits per heavy atom. The van der Waals surface area contributed by atoms with Crippen LogP contribution in [-0.2, 0) is 11.3 Å². The molecular weight excluding hydrogens is 535 g/mol. The first-order valence-electron chi connectivity index (χ1n) is 11.2. The predicted octanol–water partition coefficient (Wildman–Crippen LogP) is 6.95. The van der Waals surface area contributed by atoms with Crippen molar-refractivity contribution in [3.63, 3.8) is 0 Å². The Labute approximate surface area is 216 Å². The van der Waals surface area contributed by atoms with Crippen molar-refractivity contribution < 1.29 is 4.79 Å². The smallest absolute Gasteiger partial charge is 0.228 e. The van der Waals surface area contributed by atoms with Gasteiger partial charge in [0.2, 0.25) is 5.91 Å². The standard InChI is InChI=1S/C26H23BrCl2N4O/c27-18-7-10-20(11-8-18)33-24-6-2-1-5-22(24)30-25(33)16-32-13-3-4-17(15-32)26(34)31-23-14-19(28)9-12-21(23)29/h1-2,5-12,14,17H,3-4,13,15-16H2,(H,31,34)/t17-/m1/s1. The van der Waals surface area contributed by atoms with Crippen molar-refractivity contribution in [1.29, 1.82) is 0 Å². The summed E-state index contributed by atoms with van der Waals surface area (Å²) in [6.45, 7) is 2.24. The van der Waals surface area contributed by atoms with Gasteiger partial charge in [0.25, 0.3) is 0 Å². The third-order valence-corrected chi connectivity index (χ3v) is 7.24. The van der Waals surface area contributed by atoms with Crippen LogP contribution in [0.15, 0.2) is 71.2 Å². The number of likely N-dealkylation sites (tertiary alicyclic amines) is 1. The fourth-order valence-electron chi connectivity index (χ4n) is 4.50. The van der Waals surface area contributed by atoms with Crippen molar-refractivity contribution in [2.45, 2.75) is 19.4 Å². The Hall–Kier alpha value is -2.38. The molecule has 5 nitrogen and oxygen atoms in total. The van der Waals surface area contributed by atoms with Crippen LogP contribution in [0.3, 0.4) is 0 Å². The third kappa shape index (κ3) is 5.01. The molecule has 5 rings (SSSR count). The Kier molecular flexibility index (Phi) is 6.93. The molecule has 0 aliphatic carbocycles. The summed E-state index contributed by atoms with van der Waals surface area (Å²) in [5.41, 5.74) is 3.64. The molecule has 1 amide bonds. The summed E-state index contributed by atoms with van der Waals surface area (Å²) in [6, 6.07) is 21.5. The molecule has 1 fully saturated rings. The van der Waals surface area contributed by atoms with Crippen molar-refractivity contribution in [1.82, 2.24) is 14.5 Å². The number of nitrogens with one attached hydrogen (secondary N) is 1. The van der Waals surface area contributed by atoms with Crippen molar-refractivity contribution in [2.24, 2.45) is 5.92 Å². The van der Waals surface area contributed by atoms with Crippen molar-refractivity contribution in [2.75, 3.05) is 18.4 Å². The lowest BCUT2D eigenvalue weighted by Crippen LogP contribution is -2.40. The first kappa shape index (κ1) is 23.4. The number of hydrogen-bond donors (Lipinski definition) is 1. The molecule has 0 saturated carbocycles. The average Bonchev–Trinajstić information content (AvgIpc) is 3.20. The van der Waals surface area contributed by atoms with Gasteiger partial charge in [-0.3, -0.25) is 14.3 Å². The first-order chi connectivity index (χ1) is 16.5. The molecule has 1 N–H and O–H groups in total. The molecule has 0 radical (unpaired) electrons. The Morgan fingerprint density at radius 3 is 2.71 bits per heavy atom. The summed E-state index contributed by atoms with van der Waals surface area (Å²) in [4.78, 5) is 20.3. The number of para-hydroxylation sites is 2. The van der Waals surface area contributed by atoms with E-state index in [9.17, 15) is 4.79 Å². The van der Waals surface area contributed by atoms with E-state index in [0.29, 0.717) is 28.8 Å². The normalized spacial score (nSPS) is 16.6. The molecule has 1 aliphatic heterocycles. The summed E-state index contributed by atoms with van der Waals surface area (Å²) in [5, 5.41) is 3.98. The van der Waals surface area contributed by atoms with Gasteiger partial charge in [-0.2, -0.15) is 0 Å². The van der Waals surface area contributed by atoms with Crippen LogP contribution in [0.2, 0.25) is 10.0 Å². The van der Waals surface area contributed by atoms with Crippen LogP contribution in [0.1, 0.15) is 18.7 Å². The van der Waals surface area contributed by atoms with Gasteiger partial charge in [0.15, 0.2) is 0 Å². The van der Waals surface area contributed by atoms with E-state index in [1.54, 1.807) is 18.2 Å². The van der Waals surface area contributed by atoms with Gasteiger partial charge in [0.05, 0.1) is 34.2 Å². The molecular formula is C26H23BrCl2N4O. The number of halogens is 3. The van der Waals surface area contributed by atoms with Crippen molar-refractivity contribution in [3.8, 4) is 5.69 Å². The number of carbonyl (C=O) groups excluding carboxylic acids is 1. The van der Waals surface area contributed by atoms with Crippen LogP contribution in [0, 0.1) is 5.92 Å². The number of amides is 1. The zero-order valence-electron chi connectivity index (χ0n) is 18.3. The Bertz CT molecular complexity index is 1340. The van der Waals surface area contributed by atoms with Gasteiger partial charge in [-0.25, -0.2) is 4.98 Å². The molecule has 1 aliphatic rings. The maximum Gasteiger partial charge on any atom is 0.228 e. The molecule has 34 heavy (non-hydrogen) atoms. The van der Waals surface area contributed by atoms with Gasteiger partial charge in [0, 0.05) is 21.7 Å². The van der Waals surface area contributed by atoms with Crippen molar-refractivity contribution in [3.05, 3.63) is 87.1 Å². The van der Waals surface area contributed by atoms with Crippen LogP contribution >= 0.6 is 39.1 Å². The molecule has 1 saturated heterocycles. The highest BCUT2D eigenvalue weighted by molar-refractivity contribution is 9.10. The summed E-state index contributed by atoms with van der Waals surface area (Å²) in [5.74, 6) is 0.798. The number of imidazole rings is 1. The second kappa shape index (κ2) is 10.1. The molecule has 1 atom stereocenters.